The van der Waals surface area contributed by atoms with E-state index in [1.165, 1.54) is 0 Å². The predicted octanol–water partition coefficient (Wildman–Crippen LogP) is 3.29. The number of aryl methyl sites for hydroxylation is 1. The Kier molecular flexibility index (Phi) is 4.20. The summed E-state index contributed by atoms with van der Waals surface area (Å²) in [5, 5.41) is 3.38. The number of hydrogen-bond donors (Lipinski definition) is 2. The van der Waals surface area contributed by atoms with Gasteiger partial charge in [0.15, 0.2) is 0 Å². The third-order valence-electron chi connectivity index (χ3n) is 2.88. The van der Waals surface area contributed by atoms with E-state index in [1.54, 1.807) is 12.1 Å². The maximum absolute atomic E-state index is 12.0. The van der Waals surface area contributed by atoms with Crippen LogP contribution in [0.3, 0.4) is 0 Å². The molecule has 1 atom stereocenters. The Labute approximate surface area is 117 Å². The van der Waals surface area contributed by atoms with Gasteiger partial charge in [0.25, 0.3) is 0 Å². The minimum atomic E-state index is -0.693. The molecule has 0 aliphatic rings. The van der Waals surface area contributed by atoms with Crippen molar-refractivity contribution in [2.24, 2.45) is 5.73 Å². The normalized spacial score (nSPS) is 11.9. The first-order chi connectivity index (χ1) is 9.08. The second kappa shape index (κ2) is 5.87. The van der Waals surface area contributed by atoms with E-state index in [0.29, 0.717) is 10.7 Å². The Balaban J connectivity index is 2.10. The second-order valence-electron chi connectivity index (χ2n) is 4.34. The van der Waals surface area contributed by atoms with Crippen molar-refractivity contribution in [2.75, 3.05) is 5.32 Å². The lowest BCUT2D eigenvalue weighted by molar-refractivity contribution is -0.117. The number of nitrogens with two attached hydrogens (primary N) is 1. The van der Waals surface area contributed by atoms with E-state index in [9.17, 15) is 4.79 Å². The van der Waals surface area contributed by atoms with E-state index in [4.69, 9.17) is 17.3 Å². The minimum absolute atomic E-state index is 0.258. The molecule has 19 heavy (non-hydrogen) atoms. The van der Waals surface area contributed by atoms with Crippen LogP contribution < -0.4 is 11.1 Å². The molecule has 1 amide bonds. The van der Waals surface area contributed by atoms with Gasteiger partial charge in [-0.05, 0) is 30.2 Å². The van der Waals surface area contributed by atoms with Gasteiger partial charge < -0.3 is 11.1 Å². The van der Waals surface area contributed by atoms with Crippen LogP contribution in [-0.4, -0.2) is 5.91 Å². The molecule has 0 aliphatic heterocycles. The summed E-state index contributed by atoms with van der Waals surface area (Å²) in [6, 6.07) is 13.9. The molecule has 0 aliphatic carbocycles. The van der Waals surface area contributed by atoms with Gasteiger partial charge in [0.2, 0.25) is 5.91 Å². The number of carbonyl (C=O) groups excluding carboxylic acids is 1. The fourth-order valence-electron chi connectivity index (χ4n) is 1.70. The molecule has 2 aromatic rings. The molecule has 0 fully saturated rings. The summed E-state index contributed by atoms with van der Waals surface area (Å²) in [5.41, 5.74) is 8.30. The van der Waals surface area contributed by atoms with Gasteiger partial charge in [-0.3, -0.25) is 4.79 Å². The minimum Gasteiger partial charge on any atom is -0.324 e. The lowest BCUT2D eigenvalue weighted by atomic mass is 10.1. The molecule has 3 N–H and O–H groups in total. The highest BCUT2D eigenvalue weighted by Gasteiger charge is 2.15. The van der Waals surface area contributed by atoms with Gasteiger partial charge in [-0.2, -0.15) is 0 Å². The van der Waals surface area contributed by atoms with Gasteiger partial charge >= 0.3 is 0 Å². The third-order valence-corrected chi connectivity index (χ3v) is 3.29. The van der Waals surface area contributed by atoms with Crippen LogP contribution >= 0.6 is 11.6 Å². The van der Waals surface area contributed by atoms with E-state index in [2.05, 4.69) is 5.32 Å². The average Bonchev–Trinajstić information content (AvgIpc) is 2.43. The van der Waals surface area contributed by atoms with Crippen LogP contribution in [0, 0.1) is 6.92 Å². The van der Waals surface area contributed by atoms with Crippen LogP contribution in [0.25, 0.3) is 0 Å². The van der Waals surface area contributed by atoms with Gasteiger partial charge in [0.05, 0.1) is 0 Å². The number of nitrogens with one attached hydrogen (secondary N) is 1. The summed E-state index contributed by atoms with van der Waals surface area (Å²) in [7, 11) is 0. The second-order valence-corrected chi connectivity index (χ2v) is 4.75. The van der Waals surface area contributed by atoms with Gasteiger partial charge in [-0.1, -0.05) is 48.0 Å². The Hall–Kier alpha value is -1.84. The first kappa shape index (κ1) is 13.6. The summed E-state index contributed by atoms with van der Waals surface area (Å²) >= 11 is 6.01. The van der Waals surface area contributed by atoms with Crippen LogP contribution in [0.5, 0.6) is 0 Å². The third kappa shape index (κ3) is 3.34. The molecule has 2 rings (SSSR count). The molecule has 2 aromatic carbocycles. The van der Waals surface area contributed by atoms with E-state index in [0.717, 1.165) is 11.1 Å². The molecular weight excluding hydrogens is 260 g/mol. The number of amides is 1. The molecule has 0 saturated heterocycles. The largest absolute Gasteiger partial charge is 0.324 e. The Morgan fingerprint density at radius 3 is 2.53 bits per heavy atom. The lowest BCUT2D eigenvalue weighted by Gasteiger charge is -2.13. The number of benzene rings is 2. The number of hydrogen-bond acceptors (Lipinski definition) is 2. The maximum atomic E-state index is 12.0. The molecule has 0 unspecified atom stereocenters. The standard InChI is InChI=1S/C15H15ClN2O/c1-10-7-8-12(9-13(10)16)18-15(19)14(17)11-5-3-2-4-6-11/h2-9,14H,17H2,1H3,(H,18,19)/t14-/m0/s1. The molecule has 0 radical (unpaired) electrons. The number of rotatable bonds is 3. The number of carbonyl (C=O) groups is 1. The fourth-order valence-corrected chi connectivity index (χ4v) is 1.88. The summed E-state index contributed by atoms with van der Waals surface area (Å²) in [6.07, 6.45) is 0. The van der Waals surface area contributed by atoms with Crippen LogP contribution in [0.1, 0.15) is 17.2 Å². The van der Waals surface area contributed by atoms with Gasteiger partial charge in [0, 0.05) is 10.7 Å². The zero-order chi connectivity index (χ0) is 13.8. The first-order valence-corrected chi connectivity index (χ1v) is 6.33. The highest BCUT2D eigenvalue weighted by Crippen LogP contribution is 2.21. The van der Waals surface area contributed by atoms with Crippen LogP contribution in [0.2, 0.25) is 5.02 Å². The van der Waals surface area contributed by atoms with Crippen molar-refractivity contribution in [3.05, 3.63) is 64.7 Å². The number of anilines is 1. The lowest BCUT2D eigenvalue weighted by Crippen LogP contribution is -2.27. The average molecular weight is 275 g/mol. The topological polar surface area (TPSA) is 55.1 Å². The fraction of sp³-hybridized carbons (Fsp3) is 0.133. The van der Waals surface area contributed by atoms with Crippen molar-refractivity contribution < 1.29 is 4.79 Å². The predicted molar refractivity (Wildman–Crippen MR) is 78.2 cm³/mol. The van der Waals surface area contributed by atoms with Crippen LogP contribution in [-0.2, 0) is 4.79 Å². The van der Waals surface area contributed by atoms with Crippen molar-refractivity contribution >= 4 is 23.2 Å². The Morgan fingerprint density at radius 2 is 1.89 bits per heavy atom. The molecule has 0 spiro atoms. The smallest absolute Gasteiger partial charge is 0.245 e. The Morgan fingerprint density at radius 1 is 1.21 bits per heavy atom. The van der Waals surface area contributed by atoms with Gasteiger partial charge in [-0.15, -0.1) is 0 Å². The van der Waals surface area contributed by atoms with Crippen LogP contribution in [0.4, 0.5) is 5.69 Å². The van der Waals surface area contributed by atoms with Crippen LogP contribution in [0.15, 0.2) is 48.5 Å². The van der Waals surface area contributed by atoms with E-state index < -0.39 is 6.04 Å². The van der Waals surface area contributed by atoms with E-state index in [-0.39, 0.29) is 5.91 Å². The van der Waals surface area contributed by atoms with Crippen molar-refractivity contribution in [1.82, 2.24) is 0 Å². The molecule has 3 nitrogen and oxygen atoms in total. The van der Waals surface area contributed by atoms with Crippen molar-refractivity contribution in [3.8, 4) is 0 Å². The molecule has 4 heteroatoms. The van der Waals surface area contributed by atoms with Crippen molar-refractivity contribution in [2.45, 2.75) is 13.0 Å². The summed E-state index contributed by atoms with van der Waals surface area (Å²) in [5.74, 6) is -0.258. The summed E-state index contributed by atoms with van der Waals surface area (Å²) < 4.78 is 0. The molecule has 0 saturated carbocycles. The van der Waals surface area contributed by atoms with Crippen molar-refractivity contribution in [3.63, 3.8) is 0 Å². The van der Waals surface area contributed by atoms with Gasteiger partial charge in [-0.25, -0.2) is 0 Å². The summed E-state index contributed by atoms with van der Waals surface area (Å²) in [6.45, 7) is 1.91. The van der Waals surface area contributed by atoms with Gasteiger partial charge in [0.1, 0.15) is 6.04 Å². The summed E-state index contributed by atoms with van der Waals surface area (Å²) in [4.78, 5) is 12.0. The van der Waals surface area contributed by atoms with E-state index in [1.807, 2.05) is 43.3 Å². The zero-order valence-corrected chi connectivity index (χ0v) is 11.3. The highest BCUT2D eigenvalue weighted by molar-refractivity contribution is 6.31. The maximum Gasteiger partial charge on any atom is 0.245 e. The zero-order valence-electron chi connectivity index (χ0n) is 10.6. The first-order valence-electron chi connectivity index (χ1n) is 5.95. The number of halogens is 1. The molecule has 0 heterocycles. The highest BCUT2D eigenvalue weighted by atomic mass is 35.5. The molecule has 0 aromatic heterocycles. The monoisotopic (exact) mass is 274 g/mol. The van der Waals surface area contributed by atoms with E-state index >= 15 is 0 Å². The molecular formula is C15H15ClN2O. The Bertz CT molecular complexity index is 584. The van der Waals surface area contributed by atoms with Crippen molar-refractivity contribution in [1.29, 1.82) is 0 Å². The molecule has 0 bridgehead atoms. The molecule has 98 valence electrons. The quantitative estimate of drug-likeness (QED) is 0.902. The SMILES string of the molecule is Cc1ccc(NC(=O)[C@@H](N)c2ccccc2)cc1Cl.